The third-order valence-corrected chi connectivity index (χ3v) is 2.49. The normalized spacial score (nSPS) is 10.2. The second-order valence-corrected chi connectivity index (χ2v) is 3.62. The van der Waals surface area contributed by atoms with E-state index in [0.717, 1.165) is 29.3 Å². The summed E-state index contributed by atoms with van der Waals surface area (Å²) in [5, 5.41) is 0.935. The van der Waals surface area contributed by atoms with Crippen LogP contribution in [0.4, 0.5) is 0 Å². The van der Waals surface area contributed by atoms with Gasteiger partial charge < -0.3 is 4.98 Å². The minimum Gasteiger partial charge on any atom is -0.356 e. The number of hydrogen-bond acceptors (Lipinski definition) is 1. The molecule has 0 atom stereocenters. The van der Waals surface area contributed by atoms with Crippen LogP contribution in [0, 0.1) is 13.8 Å². The molecular weight excluding hydrogens is 218 g/mol. The molecule has 66 valence electrons. The maximum absolute atomic E-state index is 10.6. The Bertz CT molecular complexity index is 291. The summed E-state index contributed by atoms with van der Waals surface area (Å²) in [5.41, 5.74) is 4.16. The molecule has 1 rings (SSSR count). The molecule has 12 heavy (non-hydrogen) atoms. The van der Waals surface area contributed by atoms with E-state index in [9.17, 15) is 4.79 Å². The smallest absolute Gasteiger partial charge is 0.166 e. The van der Waals surface area contributed by atoms with E-state index >= 15 is 0 Å². The Labute approximate surface area is 80.5 Å². The average Bonchev–Trinajstić information content (AvgIpc) is 2.32. The van der Waals surface area contributed by atoms with Crippen molar-refractivity contribution in [3.63, 3.8) is 0 Å². The molecule has 0 amide bonds. The molecule has 1 aromatic heterocycles. The number of hydrogen-bond donors (Lipinski definition) is 1. The molecule has 1 aromatic rings. The first-order valence-corrected chi connectivity index (χ1v) is 5.02. The molecular formula is C9H12BrNO. The number of alkyl halides is 1. The third-order valence-electron chi connectivity index (χ3n) is 2.09. The van der Waals surface area contributed by atoms with E-state index in [1.54, 1.807) is 0 Å². The molecule has 0 fully saturated rings. The SMILES string of the molecule is Cc1[nH]c(C=O)c(C)c1CCBr. The van der Waals surface area contributed by atoms with Gasteiger partial charge in [-0.05, 0) is 31.4 Å². The summed E-state index contributed by atoms with van der Waals surface area (Å²) in [6.07, 6.45) is 1.85. The number of halogens is 1. The summed E-state index contributed by atoms with van der Waals surface area (Å²) >= 11 is 3.38. The van der Waals surface area contributed by atoms with Gasteiger partial charge in [0.2, 0.25) is 0 Å². The summed E-state index contributed by atoms with van der Waals surface area (Å²) in [5.74, 6) is 0. The number of carbonyl (C=O) groups is 1. The van der Waals surface area contributed by atoms with Crippen molar-refractivity contribution in [1.29, 1.82) is 0 Å². The van der Waals surface area contributed by atoms with Crippen LogP contribution in [0.5, 0.6) is 0 Å². The van der Waals surface area contributed by atoms with Gasteiger partial charge in [0.05, 0.1) is 5.69 Å². The Kier molecular flexibility index (Phi) is 3.09. The average molecular weight is 230 g/mol. The summed E-state index contributed by atoms with van der Waals surface area (Å²) < 4.78 is 0. The van der Waals surface area contributed by atoms with Crippen molar-refractivity contribution in [2.45, 2.75) is 20.3 Å². The van der Waals surface area contributed by atoms with Crippen molar-refractivity contribution in [3.05, 3.63) is 22.5 Å². The van der Waals surface area contributed by atoms with E-state index in [1.165, 1.54) is 5.56 Å². The molecule has 0 radical (unpaired) electrons. The highest BCUT2D eigenvalue weighted by Crippen LogP contribution is 2.17. The van der Waals surface area contributed by atoms with Gasteiger partial charge in [-0.2, -0.15) is 0 Å². The van der Waals surface area contributed by atoms with Crippen LogP contribution in [0.15, 0.2) is 0 Å². The number of aryl methyl sites for hydroxylation is 1. The Morgan fingerprint density at radius 2 is 2.17 bits per heavy atom. The van der Waals surface area contributed by atoms with Crippen LogP contribution < -0.4 is 0 Å². The van der Waals surface area contributed by atoms with Crippen molar-refractivity contribution >= 4 is 22.2 Å². The summed E-state index contributed by atoms with van der Waals surface area (Å²) in [6.45, 7) is 3.98. The Morgan fingerprint density at radius 1 is 1.50 bits per heavy atom. The zero-order chi connectivity index (χ0) is 9.14. The largest absolute Gasteiger partial charge is 0.356 e. The summed E-state index contributed by atoms with van der Waals surface area (Å²) in [7, 11) is 0. The van der Waals surface area contributed by atoms with Gasteiger partial charge >= 0.3 is 0 Å². The predicted molar refractivity (Wildman–Crippen MR) is 53.2 cm³/mol. The van der Waals surface area contributed by atoms with Crippen molar-refractivity contribution < 1.29 is 4.79 Å². The lowest BCUT2D eigenvalue weighted by Gasteiger charge is -1.96. The minimum absolute atomic E-state index is 0.712. The highest BCUT2D eigenvalue weighted by atomic mass is 79.9. The Morgan fingerprint density at radius 3 is 2.58 bits per heavy atom. The lowest BCUT2D eigenvalue weighted by atomic mass is 10.1. The maximum Gasteiger partial charge on any atom is 0.166 e. The second kappa shape index (κ2) is 3.90. The first kappa shape index (κ1) is 9.52. The van der Waals surface area contributed by atoms with E-state index < -0.39 is 0 Å². The number of H-pyrrole nitrogens is 1. The zero-order valence-electron chi connectivity index (χ0n) is 7.28. The van der Waals surface area contributed by atoms with Crippen molar-refractivity contribution in [1.82, 2.24) is 4.98 Å². The van der Waals surface area contributed by atoms with Gasteiger partial charge in [-0.25, -0.2) is 0 Å². The van der Waals surface area contributed by atoms with Crippen LogP contribution >= 0.6 is 15.9 Å². The van der Waals surface area contributed by atoms with Crippen LogP contribution in [0.2, 0.25) is 0 Å². The number of aromatic nitrogens is 1. The number of aromatic amines is 1. The molecule has 0 aliphatic carbocycles. The van der Waals surface area contributed by atoms with Gasteiger partial charge in [0, 0.05) is 11.0 Å². The van der Waals surface area contributed by atoms with Crippen LogP contribution in [-0.4, -0.2) is 16.6 Å². The fourth-order valence-electron chi connectivity index (χ4n) is 1.40. The van der Waals surface area contributed by atoms with Gasteiger partial charge in [-0.1, -0.05) is 15.9 Å². The number of aldehydes is 1. The predicted octanol–water partition coefficient (Wildman–Crippen LogP) is 2.38. The van der Waals surface area contributed by atoms with Crippen LogP contribution in [0.25, 0.3) is 0 Å². The standard InChI is InChI=1S/C9H12BrNO/c1-6-8(3-4-10)7(2)11-9(6)5-12/h5,11H,3-4H2,1-2H3. The van der Waals surface area contributed by atoms with E-state index in [2.05, 4.69) is 20.9 Å². The molecule has 0 saturated carbocycles. The lowest BCUT2D eigenvalue weighted by molar-refractivity contribution is 0.111. The molecule has 0 aliphatic heterocycles. The topological polar surface area (TPSA) is 32.9 Å². The van der Waals surface area contributed by atoms with Gasteiger partial charge in [-0.15, -0.1) is 0 Å². The molecule has 0 bridgehead atoms. The van der Waals surface area contributed by atoms with Crippen LogP contribution in [0.3, 0.4) is 0 Å². The van der Waals surface area contributed by atoms with E-state index in [-0.39, 0.29) is 0 Å². The second-order valence-electron chi connectivity index (χ2n) is 2.82. The molecule has 0 aliphatic rings. The fraction of sp³-hybridized carbons (Fsp3) is 0.444. The number of carbonyl (C=O) groups excluding carboxylic acids is 1. The Hall–Kier alpha value is -0.570. The Balaban J connectivity index is 3.09. The van der Waals surface area contributed by atoms with Crippen LogP contribution in [-0.2, 0) is 6.42 Å². The van der Waals surface area contributed by atoms with Crippen molar-refractivity contribution in [2.75, 3.05) is 5.33 Å². The van der Waals surface area contributed by atoms with Crippen LogP contribution in [0.1, 0.15) is 27.3 Å². The summed E-state index contributed by atoms with van der Waals surface area (Å²) in [6, 6.07) is 0. The van der Waals surface area contributed by atoms with Crippen molar-refractivity contribution in [3.8, 4) is 0 Å². The van der Waals surface area contributed by atoms with Crippen molar-refractivity contribution in [2.24, 2.45) is 0 Å². The minimum atomic E-state index is 0.712. The fourth-order valence-corrected chi connectivity index (χ4v) is 1.80. The summed E-state index contributed by atoms with van der Waals surface area (Å²) in [4.78, 5) is 13.6. The molecule has 1 N–H and O–H groups in total. The van der Waals surface area contributed by atoms with Gasteiger partial charge in [0.25, 0.3) is 0 Å². The highest BCUT2D eigenvalue weighted by Gasteiger charge is 2.08. The van der Waals surface area contributed by atoms with Gasteiger partial charge in [-0.3, -0.25) is 4.79 Å². The molecule has 0 spiro atoms. The molecule has 3 heteroatoms. The van der Waals surface area contributed by atoms with E-state index in [0.29, 0.717) is 5.69 Å². The molecule has 0 unspecified atom stereocenters. The molecule has 0 saturated heterocycles. The molecule has 1 heterocycles. The van der Waals surface area contributed by atoms with E-state index in [1.807, 2.05) is 13.8 Å². The van der Waals surface area contributed by atoms with Gasteiger partial charge in [0.1, 0.15) is 0 Å². The highest BCUT2D eigenvalue weighted by molar-refractivity contribution is 9.09. The quantitative estimate of drug-likeness (QED) is 0.627. The van der Waals surface area contributed by atoms with E-state index in [4.69, 9.17) is 0 Å². The molecule has 0 aromatic carbocycles. The first-order chi connectivity index (χ1) is 5.70. The monoisotopic (exact) mass is 229 g/mol. The number of nitrogens with one attached hydrogen (secondary N) is 1. The van der Waals surface area contributed by atoms with Gasteiger partial charge in [0.15, 0.2) is 6.29 Å². The zero-order valence-corrected chi connectivity index (χ0v) is 8.86. The maximum atomic E-state index is 10.6. The first-order valence-electron chi connectivity index (χ1n) is 3.90. The number of rotatable bonds is 3. The lowest BCUT2D eigenvalue weighted by Crippen LogP contribution is -1.89. The molecule has 2 nitrogen and oxygen atoms in total. The third kappa shape index (κ3) is 1.61.